The number of rotatable bonds is 3. The lowest BCUT2D eigenvalue weighted by atomic mass is 10.1. The minimum absolute atomic E-state index is 0.00376. The quantitative estimate of drug-likeness (QED) is 0.816. The van der Waals surface area contributed by atoms with E-state index in [0.717, 1.165) is 4.88 Å². The summed E-state index contributed by atoms with van der Waals surface area (Å²) in [5.74, 6) is -2.06. The zero-order valence-corrected chi connectivity index (χ0v) is 11.8. The predicted molar refractivity (Wildman–Crippen MR) is 76.1 cm³/mol. The maximum absolute atomic E-state index is 13.9. The molecule has 20 heavy (non-hydrogen) atoms. The van der Waals surface area contributed by atoms with Crippen LogP contribution in [0.3, 0.4) is 0 Å². The standard InChI is InChI=1S/C14H9ClFNO2S/c15-9-3-4-10(16)12-11(9)13(18)14(19)17(12)6-5-8-2-1-7-20-8/h1-4,7H,5-6H2. The fraction of sp³-hybridized carbons (Fsp3) is 0.143. The zero-order chi connectivity index (χ0) is 14.3. The number of anilines is 1. The highest BCUT2D eigenvalue weighted by Gasteiger charge is 2.39. The molecule has 0 saturated carbocycles. The van der Waals surface area contributed by atoms with Gasteiger partial charge in [-0.3, -0.25) is 9.59 Å². The van der Waals surface area contributed by atoms with Crippen LogP contribution in [0, 0.1) is 5.82 Å². The summed E-state index contributed by atoms with van der Waals surface area (Å²) in [6.45, 7) is 0.259. The molecule has 0 fully saturated rings. The van der Waals surface area contributed by atoms with Crippen LogP contribution in [-0.2, 0) is 11.2 Å². The first-order chi connectivity index (χ1) is 9.59. The molecule has 1 aliphatic heterocycles. The van der Waals surface area contributed by atoms with Crippen LogP contribution in [0.1, 0.15) is 15.2 Å². The number of benzene rings is 1. The van der Waals surface area contributed by atoms with Gasteiger partial charge in [-0.25, -0.2) is 4.39 Å². The maximum Gasteiger partial charge on any atom is 0.299 e. The number of amides is 1. The summed E-state index contributed by atoms with van der Waals surface area (Å²) in [6, 6.07) is 6.31. The molecule has 0 atom stereocenters. The summed E-state index contributed by atoms with van der Waals surface area (Å²) in [6.07, 6.45) is 0.572. The summed E-state index contributed by atoms with van der Waals surface area (Å²) in [5, 5.41) is 2.04. The minimum Gasteiger partial charge on any atom is -0.302 e. The van der Waals surface area contributed by atoms with Gasteiger partial charge in [0.2, 0.25) is 0 Å². The van der Waals surface area contributed by atoms with Crippen LogP contribution in [0.5, 0.6) is 0 Å². The highest BCUT2D eigenvalue weighted by molar-refractivity contribution is 7.09. The molecule has 0 aliphatic carbocycles. The van der Waals surface area contributed by atoms with E-state index in [4.69, 9.17) is 11.6 Å². The van der Waals surface area contributed by atoms with Crippen molar-refractivity contribution in [2.45, 2.75) is 6.42 Å². The van der Waals surface area contributed by atoms with Crippen molar-refractivity contribution in [2.75, 3.05) is 11.4 Å². The van der Waals surface area contributed by atoms with Gasteiger partial charge in [0.05, 0.1) is 16.3 Å². The summed E-state index contributed by atoms with van der Waals surface area (Å²) in [4.78, 5) is 26.1. The van der Waals surface area contributed by atoms with Crippen LogP contribution in [-0.4, -0.2) is 18.2 Å². The molecule has 0 saturated heterocycles. The monoisotopic (exact) mass is 309 g/mol. The largest absolute Gasteiger partial charge is 0.302 e. The third kappa shape index (κ3) is 2.03. The van der Waals surface area contributed by atoms with Crippen molar-refractivity contribution in [1.29, 1.82) is 0 Å². The summed E-state index contributed by atoms with van der Waals surface area (Å²) >= 11 is 7.46. The van der Waals surface area contributed by atoms with Gasteiger partial charge in [-0.05, 0) is 30.0 Å². The lowest BCUT2D eigenvalue weighted by molar-refractivity contribution is -0.114. The molecule has 1 aromatic heterocycles. The lowest BCUT2D eigenvalue weighted by Crippen LogP contribution is -2.32. The van der Waals surface area contributed by atoms with Crippen LogP contribution < -0.4 is 4.90 Å². The van der Waals surface area contributed by atoms with Gasteiger partial charge in [0.25, 0.3) is 11.7 Å². The molecule has 1 aliphatic rings. The van der Waals surface area contributed by atoms with E-state index in [-0.39, 0.29) is 22.8 Å². The topological polar surface area (TPSA) is 37.4 Å². The van der Waals surface area contributed by atoms with Crippen molar-refractivity contribution in [3.05, 3.63) is 50.9 Å². The van der Waals surface area contributed by atoms with Crippen LogP contribution in [0.4, 0.5) is 10.1 Å². The Morgan fingerprint density at radius 1 is 1.25 bits per heavy atom. The third-order valence-electron chi connectivity index (χ3n) is 3.18. The zero-order valence-electron chi connectivity index (χ0n) is 10.2. The molecule has 0 radical (unpaired) electrons. The van der Waals surface area contributed by atoms with E-state index in [9.17, 15) is 14.0 Å². The second kappa shape index (κ2) is 5.00. The second-order valence-corrected chi connectivity index (χ2v) is 5.81. The van der Waals surface area contributed by atoms with E-state index in [0.29, 0.717) is 6.42 Å². The van der Waals surface area contributed by atoms with Crippen LogP contribution in [0.25, 0.3) is 0 Å². The van der Waals surface area contributed by atoms with Crippen molar-refractivity contribution in [3.63, 3.8) is 0 Å². The van der Waals surface area contributed by atoms with E-state index in [1.165, 1.54) is 17.0 Å². The molecule has 3 nitrogen and oxygen atoms in total. The Hall–Kier alpha value is -1.72. The number of ketones is 1. The Morgan fingerprint density at radius 3 is 2.75 bits per heavy atom. The number of carbonyl (C=O) groups is 2. The highest BCUT2D eigenvalue weighted by Crippen LogP contribution is 2.36. The Balaban J connectivity index is 1.96. The van der Waals surface area contributed by atoms with Crippen LogP contribution in [0.2, 0.25) is 5.02 Å². The van der Waals surface area contributed by atoms with Crippen molar-refractivity contribution in [2.24, 2.45) is 0 Å². The van der Waals surface area contributed by atoms with Gasteiger partial charge in [0.15, 0.2) is 0 Å². The van der Waals surface area contributed by atoms with Crippen LogP contribution in [0.15, 0.2) is 29.6 Å². The van der Waals surface area contributed by atoms with E-state index in [2.05, 4.69) is 0 Å². The van der Waals surface area contributed by atoms with E-state index >= 15 is 0 Å². The van der Waals surface area contributed by atoms with E-state index in [1.54, 1.807) is 11.3 Å². The molecule has 102 valence electrons. The first kappa shape index (κ1) is 13.3. The fourth-order valence-electron chi connectivity index (χ4n) is 2.24. The highest BCUT2D eigenvalue weighted by atomic mass is 35.5. The van der Waals surface area contributed by atoms with Gasteiger partial charge in [-0.1, -0.05) is 17.7 Å². The second-order valence-electron chi connectivity index (χ2n) is 4.37. The molecule has 1 amide bonds. The van der Waals surface area contributed by atoms with Crippen molar-refractivity contribution in [1.82, 2.24) is 0 Å². The molecule has 2 heterocycles. The van der Waals surface area contributed by atoms with Crippen molar-refractivity contribution < 1.29 is 14.0 Å². The maximum atomic E-state index is 13.9. The number of nitrogens with zero attached hydrogens (tertiary/aromatic N) is 1. The minimum atomic E-state index is -0.740. The fourth-order valence-corrected chi connectivity index (χ4v) is 3.18. The van der Waals surface area contributed by atoms with Gasteiger partial charge in [0.1, 0.15) is 5.82 Å². The molecule has 6 heteroatoms. The van der Waals surface area contributed by atoms with Gasteiger partial charge in [-0.2, -0.15) is 0 Å². The third-order valence-corrected chi connectivity index (χ3v) is 4.43. The molecule has 1 aromatic carbocycles. The van der Waals surface area contributed by atoms with Crippen molar-refractivity contribution >= 4 is 40.3 Å². The van der Waals surface area contributed by atoms with Crippen molar-refractivity contribution in [3.8, 4) is 0 Å². The molecule has 0 N–H and O–H groups in total. The number of hydrogen-bond donors (Lipinski definition) is 0. The van der Waals surface area contributed by atoms with Gasteiger partial charge in [0, 0.05) is 11.4 Å². The smallest absolute Gasteiger partial charge is 0.299 e. The molecule has 2 aromatic rings. The SMILES string of the molecule is O=C1C(=O)N(CCc2cccs2)c2c(F)ccc(Cl)c21. The number of hydrogen-bond acceptors (Lipinski definition) is 3. The first-order valence-corrected chi connectivity index (χ1v) is 7.22. The Labute approximate surface area is 123 Å². The predicted octanol–water partition coefficient (Wildman–Crippen LogP) is 3.31. The molecule has 0 unspecified atom stereocenters. The summed E-state index contributed by atoms with van der Waals surface area (Å²) < 4.78 is 13.9. The normalized spacial score (nSPS) is 14.0. The average Bonchev–Trinajstić information content (AvgIpc) is 3.02. The molecule has 3 rings (SSSR count). The molecule has 0 spiro atoms. The number of halogens is 2. The lowest BCUT2D eigenvalue weighted by Gasteiger charge is -2.16. The molecular weight excluding hydrogens is 301 g/mol. The molecule has 0 bridgehead atoms. The van der Waals surface area contributed by atoms with Gasteiger partial charge >= 0.3 is 0 Å². The Kier molecular flexibility index (Phi) is 3.31. The Bertz CT molecular complexity index is 699. The number of thiophene rings is 1. The van der Waals surface area contributed by atoms with E-state index in [1.807, 2.05) is 17.5 Å². The van der Waals surface area contributed by atoms with E-state index < -0.39 is 17.5 Å². The average molecular weight is 310 g/mol. The van der Waals surface area contributed by atoms with Crippen LogP contribution >= 0.6 is 22.9 Å². The number of fused-ring (bicyclic) bond motifs is 1. The molecular formula is C14H9ClFNO2S. The summed E-state index contributed by atoms with van der Waals surface area (Å²) in [5.41, 5.74) is -0.0214. The number of Topliss-reactive ketones (excluding diaryl/α,β-unsaturated/α-hetero) is 1. The Morgan fingerprint density at radius 2 is 2.05 bits per heavy atom. The van der Waals surface area contributed by atoms with Gasteiger partial charge < -0.3 is 4.90 Å². The van der Waals surface area contributed by atoms with Gasteiger partial charge in [-0.15, -0.1) is 11.3 Å². The number of carbonyl (C=O) groups excluding carboxylic acids is 2. The summed E-state index contributed by atoms with van der Waals surface area (Å²) in [7, 11) is 0. The first-order valence-electron chi connectivity index (χ1n) is 5.96.